The quantitative estimate of drug-likeness (QED) is 0.811. The van der Waals surface area contributed by atoms with E-state index >= 15 is 0 Å². The SMILES string of the molecule is CCCCc1ccccc1.O=[Se](O)O. The van der Waals surface area contributed by atoms with E-state index in [9.17, 15) is 0 Å². The molecule has 0 fully saturated rings. The Morgan fingerprint density at radius 2 is 1.71 bits per heavy atom. The Bertz CT molecular complexity index is 245. The topological polar surface area (TPSA) is 57.5 Å². The van der Waals surface area contributed by atoms with E-state index in [2.05, 4.69) is 37.3 Å². The fourth-order valence-electron chi connectivity index (χ4n) is 1.03. The second-order valence-corrected chi connectivity index (χ2v) is 3.79. The van der Waals surface area contributed by atoms with Crippen molar-refractivity contribution >= 4 is 14.5 Å². The minimum atomic E-state index is -3.29. The van der Waals surface area contributed by atoms with Gasteiger partial charge in [-0.25, -0.2) is 0 Å². The zero-order valence-corrected chi connectivity index (χ0v) is 9.93. The van der Waals surface area contributed by atoms with Gasteiger partial charge in [0.05, 0.1) is 0 Å². The van der Waals surface area contributed by atoms with Crippen LogP contribution in [0.5, 0.6) is 0 Å². The van der Waals surface area contributed by atoms with E-state index in [0.29, 0.717) is 0 Å². The molecule has 0 heterocycles. The van der Waals surface area contributed by atoms with Crippen molar-refractivity contribution in [3.8, 4) is 0 Å². The summed E-state index contributed by atoms with van der Waals surface area (Å²) in [5, 5.41) is 0. The molecule has 2 N–H and O–H groups in total. The van der Waals surface area contributed by atoms with Crippen LogP contribution < -0.4 is 0 Å². The number of benzene rings is 1. The first kappa shape index (κ1) is 13.5. The third-order valence-corrected chi connectivity index (χ3v) is 1.66. The van der Waals surface area contributed by atoms with Crippen LogP contribution in [-0.4, -0.2) is 22.9 Å². The predicted molar refractivity (Wildman–Crippen MR) is 55.9 cm³/mol. The zero-order valence-electron chi connectivity index (χ0n) is 8.22. The van der Waals surface area contributed by atoms with Crippen molar-refractivity contribution in [2.45, 2.75) is 26.2 Å². The van der Waals surface area contributed by atoms with E-state index in [1.807, 2.05) is 0 Å². The molecule has 1 aromatic carbocycles. The summed E-state index contributed by atoms with van der Waals surface area (Å²) in [5.41, 5.74) is 1.46. The number of hydrogen-bond acceptors (Lipinski definition) is 1. The van der Waals surface area contributed by atoms with Crippen LogP contribution in [0.2, 0.25) is 0 Å². The fraction of sp³-hybridized carbons (Fsp3) is 0.400. The molecule has 3 nitrogen and oxygen atoms in total. The molecule has 0 bridgehead atoms. The van der Waals surface area contributed by atoms with Crippen molar-refractivity contribution in [2.75, 3.05) is 0 Å². The number of aryl methyl sites for hydroxylation is 1. The summed E-state index contributed by atoms with van der Waals surface area (Å²) in [5.74, 6) is 0. The molecular weight excluding hydrogens is 247 g/mol. The van der Waals surface area contributed by atoms with E-state index < -0.39 is 14.5 Å². The average Bonchev–Trinajstić information content (AvgIpc) is 2.15. The molecule has 0 unspecified atom stereocenters. The van der Waals surface area contributed by atoms with Crippen LogP contribution in [0.15, 0.2) is 30.3 Å². The van der Waals surface area contributed by atoms with Gasteiger partial charge in [-0.1, -0.05) is 43.7 Å². The fourth-order valence-corrected chi connectivity index (χ4v) is 1.03. The van der Waals surface area contributed by atoms with Gasteiger partial charge in [0.2, 0.25) is 0 Å². The van der Waals surface area contributed by atoms with Gasteiger partial charge in [-0.3, -0.25) is 0 Å². The molecule has 0 aliphatic rings. The summed E-state index contributed by atoms with van der Waals surface area (Å²) >= 11 is -3.29. The van der Waals surface area contributed by atoms with E-state index in [1.54, 1.807) is 0 Å². The normalized spacial score (nSPS) is 9.43. The maximum absolute atomic E-state index is 8.76. The minimum absolute atomic E-state index is 1.23. The summed E-state index contributed by atoms with van der Waals surface area (Å²) < 4.78 is 23.1. The molecule has 0 aliphatic carbocycles. The van der Waals surface area contributed by atoms with Gasteiger partial charge >= 0.3 is 26.7 Å². The van der Waals surface area contributed by atoms with E-state index in [-0.39, 0.29) is 0 Å². The molecule has 14 heavy (non-hydrogen) atoms. The molecule has 0 saturated heterocycles. The average molecular weight is 263 g/mol. The van der Waals surface area contributed by atoms with Gasteiger partial charge in [-0.15, -0.1) is 0 Å². The van der Waals surface area contributed by atoms with Crippen LogP contribution in [0.4, 0.5) is 0 Å². The first-order chi connectivity index (χ1) is 6.66. The first-order valence-corrected chi connectivity index (χ1v) is 6.73. The summed E-state index contributed by atoms with van der Waals surface area (Å²) in [4.78, 5) is 0. The van der Waals surface area contributed by atoms with Crippen LogP contribution in [0, 0.1) is 0 Å². The zero-order chi connectivity index (χ0) is 10.8. The van der Waals surface area contributed by atoms with Crippen molar-refractivity contribution < 1.29 is 12.2 Å². The van der Waals surface area contributed by atoms with Crippen LogP contribution in [-0.2, 0) is 10.3 Å². The Kier molecular flexibility index (Phi) is 8.68. The number of rotatable bonds is 3. The van der Waals surface area contributed by atoms with Gasteiger partial charge < -0.3 is 0 Å². The third-order valence-electron chi connectivity index (χ3n) is 1.66. The van der Waals surface area contributed by atoms with E-state index in [0.717, 1.165) is 0 Å². The standard InChI is InChI=1S/C10H14.H2O3Se/c1-2-3-7-10-8-5-4-6-9-10;1-4(2)3/h4-6,8-9H,2-3,7H2,1H3;(H2,1,2,3). The van der Waals surface area contributed by atoms with E-state index in [4.69, 9.17) is 12.2 Å². The van der Waals surface area contributed by atoms with E-state index in [1.165, 1.54) is 24.8 Å². The monoisotopic (exact) mass is 264 g/mol. The molecule has 0 spiro atoms. The van der Waals surface area contributed by atoms with Gasteiger partial charge in [-0.05, 0) is 18.4 Å². The van der Waals surface area contributed by atoms with Crippen molar-refractivity contribution in [3.63, 3.8) is 0 Å². The van der Waals surface area contributed by atoms with Crippen LogP contribution in [0.25, 0.3) is 0 Å². The van der Waals surface area contributed by atoms with Gasteiger partial charge in [0.25, 0.3) is 0 Å². The molecule has 1 rings (SSSR count). The molecule has 0 aliphatic heterocycles. The van der Waals surface area contributed by atoms with Crippen molar-refractivity contribution in [1.82, 2.24) is 0 Å². The van der Waals surface area contributed by atoms with Gasteiger partial charge in [-0.2, -0.15) is 0 Å². The molecule has 0 radical (unpaired) electrons. The molecule has 0 saturated carbocycles. The Balaban J connectivity index is 0.000000364. The molecular formula is C10H16O3Se. The summed E-state index contributed by atoms with van der Waals surface area (Å²) in [6.45, 7) is 2.23. The van der Waals surface area contributed by atoms with Crippen molar-refractivity contribution in [1.29, 1.82) is 0 Å². The van der Waals surface area contributed by atoms with Crippen molar-refractivity contribution in [3.05, 3.63) is 35.9 Å². The Hall–Kier alpha value is -0.541. The summed E-state index contributed by atoms with van der Waals surface area (Å²) in [6, 6.07) is 10.6. The van der Waals surface area contributed by atoms with Crippen LogP contribution in [0.1, 0.15) is 25.3 Å². The molecule has 0 atom stereocenters. The Morgan fingerprint density at radius 3 is 2.14 bits per heavy atom. The second-order valence-electron chi connectivity index (χ2n) is 2.82. The summed E-state index contributed by atoms with van der Waals surface area (Å²) in [6.07, 6.45) is 3.83. The third kappa shape index (κ3) is 9.55. The van der Waals surface area contributed by atoms with Crippen LogP contribution >= 0.6 is 0 Å². The molecule has 1 aromatic rings. The maximum atomic E-state index is 8.76. The Labute approximate surface area is 89.1 Å². The van der Waals surface area contributed by atoms with Gasteiger partial charge in [0.15, 0.2) is 0 Å². The number of hydrogen-bond donors (Lipinski definition) is 2. The second kappa shape index (κ2) is 9.03. The van der Waals surface area contributed by atoms with Crippen LogP contribution in [0.3, 0.4) is 0 Å². The van der Waals surface area contributed by atoms with Gasteiger partial charge in [0.1, 0.15) is 0 Å². The molecule has 80 valence electrons. The van der Waals surface area contributed by atoms with Gasteiger partial charge in [0, 0.05) is 0 Å². The Morgan fingerprint density at radius 1 is 1.21 bits per heavy atom. The number of unbranched alkanes of at least 4 members (excludes halogenated alkanes) is 1. The predicted octanol–water partition coefficient (Wildman–Crippen LogP) is 1.42. The van der Waals surface area contributed by atoms with Crippen molar-refractivity contribution in [2.24, 2.45) is 0 Å². The molecule has 0 aromatic heterocycles. The molecule has 4 heteroatoms. The molecule has 0 amide bonds. The summed E-state index contributed by atoms with van der Waals surface area (Å²) in [7, 11) is 0. The first-order valence-electron chi connectivity index (χ1n) is 4.50.